The number of carbonyl (C=O) groups excluding carboxylic acids is 2. The molecule has 30 heavy (non-hydrogen) atoms. The van der Waals surface area contributed by atoms with Crippen molar-refractivity contribution < 1.29 is 9.59 Å². The van der Waals surface area contributed by atoms with E-state index in [4.69, 9.17) is 0 Å². The average molecular weight is 402 g/mol. The summed E-state index contributed by atoms with van der Waals surface area (Å²) < 4.78 is 0. The van der Waals surface area contributed by atoms with Gasteiger partial charge in [-0.15, -0.1) is 0 Å². The van der Waals surface area contributed by atoms with Gasteiger partial charge in [0.25, 0.3) is 0 Å². The Balaban J connectivity index is 1.54. The number of hydrogen-bond donors (Lipinski definition) is 3. The minimum atomic E-state index is -0.699. The van der Waals surface area contributed by atoms with Crippen molar-refractivity contribution in [2.75, 3.05) is 11.9 Å². The van der Waals surface area contributed by atoms with Crippen LogP contribution in [0.5, 0.6) is 0 Å². The van der Waals surface area contributed by atoms with Gasteiger partial charge < -0.3 is 16.0 Å². The summed E-state index contributed by atoms with van der Waals surface area (Å²) in [5.41, 5.74) is 2.84. The number of rotatable bonds is 9. The molecule has 1 aromatic heterocycles. The van der Waals surface area contributed by atoms with Gasteiger partial charge in [-0.2, -0.15) is 0 Å². The van der Waals surface area contributed by atoms with E-state index in [0.29, 0.717) is 18.7 Å². The highest BCUT2D eigenvalue weighted by Crippen LogP contribution is 2.08. The van der Waals surface area contributed by atoms with E-state index >= 15 is 0 Å². The molecule has 0 bridgehead atoms. The fourth-order valence-electron chi connectivity index (χ4n) is 3.07. The minimum absolute atomic E-state index is 0.274. The van der Waals surface area contributed by atoms with Crippen LogP contribution in [0, 0.1) is 0 Å². The summed E-state index contributed by atoms with van der Waals surface area (Å²) in [7, 11) is 0. The number of benzene rings is 2. The molecule has 3 amide bonds. The Hall–Kier alpha value is -3.67. The van der Waals surface area contributed by atoms with Crippen LogP contribution in [-0.2, 0) is 17.6 Å². The molecule has 1 atom stereocenters. The number of aryl methyl sites for hydroxylation is 1. The van der Waals surface area contributed by atoms with E-state index in [-0.39, 0.29) is 11.9 Å². The maximum Gasteiger partial charge on any atom is 0.315 e. The minimum Gasteiger partial charge on any atom is -0.338 e. The zero-order valence-corrected chi connectivity index (χ0v) is 16.8. The number of aromatic nitrogens is 1. The van der Waals surface area contributed by atoms with Crippen LogP contribution in [0.1, 0.15) is 17.5 Å². The monoisotopic (exact) mass is 402 g/mol. The number of hydrogen-bond acceptors (Lipinski definition) is 3. The molecule has 3 rings (SSSR count). The van der Waals surface area contributed by atoms with Gasteiger partial charge in [-0.25, -0.2) is 4.79 Å². The topological polar surface area (TPSA) is 83.1 Å². The Bertz CT molecular complexity index is 918. The van der Waals surface area contributed by atoms with E-state index in [1.165, 1.54) is 5.56 Å². The number of nitrogens with one attached hydrogen (secondary N) is 3. The Morgan fingerprint density at radius 1 is 0.833 bits per heavy atom. The molecule has 0 aliphatic rings. The molecule has 0 fully saturated rings. The van der Waals surface area contributed by atoms with Crippen LogP contribution in [-0.4, -0.2) is 29.5 Å². The van der Waals surface area contributed by atoms with Gasteiger partial charge in [-0.3, -0.25) is 9.78 Å². The summed E-state index contributed by atoms with van der Waals surface area (Å²) in [6.45, 7) is 0.532. The SMILES string of the molecule is O=C(NCCCc1ccccc1)NC(Cc1ccccc1)C(=O)Nc1ccncc1. The first kappa shape index (κ1) is 21.0. The zero-order valence-electron chi connectivity index (χ0n) is 16.8. The number of urea groups is 1. The highest BCUT2D eigenvalue weighted by Gasteiger charge is 2.21. The summed E-state index contributed by atoms with van der Waals surface area (Å²) in [4.78, 5) is 29.1. The fraction of sp³-hybridized carbons (Fsp3) is 0.208. The highest BCUT2D eigenvalue weighted by molar-refractivity contribution is 5.97. The first-order valence-electron chi connectivity index (χ1n) is 10.0. The molecular formula is C24H26N4O2. The molecule has 1 unspecified atom stereocenters. The average Bonchev–Trinajstić information content (AvgIpc) is 2.78. The Morgan fingerprint density at radius 2 is 1.47 bits per heavy atom. The molecule has 0 radical (unpaired) electrons. The highest BCUT2D eigenvalue weighted by atomic mass is 16.2. The quantitative estimate of drug-likeness (QED) is 0.479. The van der Waals surface area contributed by atoms with Gasteiger partial charge in [0, 0.05) is 31.0 Å². The summed E-state index contributed by atoms with van der Waals surface area (Å²) in [6, 6.07) is 22.1. The van der Waals surface area contributed by atoms with Gasteiger partial charge in [0.15, 0.2) is 0 Å². The van der Waals surface area contributed by atoms with E-state index in [1.54, 1.807) is 24.5 Å². The van der Waals surface area contributed by atoms with Crippen molar-refractivity contribution in [1.29, 1.82) is 0 Å². The van der Waals surface area contributed by atoms with Crippen molar-refractivity contribution in [2.24, 2.45) is 0 Å². The van der Waals surface area contributed by atoms with Crippen LogP contribution < -0.4 is 16.0 Å². The summed E-state index contributed by atoms with van der Waals surface area (Å²) >= 11 is 0. The predicted octanol–water partition coefficient (Wildman–Crippen LogP) is 3.56. The standard InChI is InChI=1S/C24H26N4O2/c29-23(27-21-13-16-25-17-14-21)22(18-20-10-5-2-6-11-20)28-24(30)26-15-7-12-19-8-3-1-4-9-19/h1-6,8-11,13-14,16-17,22H,7,12,15,18H2,(H,25,27,29)(H2,26,28,30). The smallest absolute Gasteiger partial charge is 0.315 e. The van der Waals surface area contributed by atoms with Crippen LogP contribution in [0.3, 0.4) is 0 Å². The van der Waals surface area contributed by atoms with Crippen LogP contribution in [0.15, 0.2) is 85.2 Å². The number of anilines is 1. The summed E-state index contributed by atoms with van der Waals surface area (Å²) in [5, 5.41) is 8.49. The van der Waals surface area contributed by atoms with Crippen LogP contribution in [0.25, 0.3) is 0 Å². The third-order valence-electron chi connectivity index (χ3n) is 4.62. The molecule has 154 valence electrons. The lowest BCUT2D eigenvalue weighted by Crippen LogP contribution is -2.49. The molecule has 0 aliphatic carbocycles. The zero-order chi connectivity index (χ0) is 21.0. The fourth-order valence-corrected chi connectivity index (χ4v) is 3.07. The number of carbonyl (C=O) groups is 2. The van der Waals surface area contributed by atoms with Crippen molar-refractivity contribution in [2.45, 2.75) is 25.3 Å². The second-order valence-electron chi connectivity index (χ2n) is 6.96. The maximum atomic E-state index is 12.8. The number of nitrogens with zero attached hydrogens (tertiary/aromatic N) is 1. The largest absolute Gasteiger partial charge is 0.338 e. The predicted molar refractivity (Wildman–Crippen MR) is 118 cm³/mol. The molecule has 0 saturated heterocycles. The lowest BCUT2D eigenvalue weighted by Gasteiger charge is -2.19. The van der Waals surface area contributed by atoms with Crippen LogP contribution in [0.2, 0.25) is 0 Å². The van der Waals surface area contributed by atoms with Crippen LogP contribution >= 0.6 is 0 Å². The van der Waals surface area contributed by atoms with Gasteiger partial charge in [-0.05, 0) is 36.1 Å². The van der Waals surface area contributed by atoms with E-state index in [0.717, 1.165) is 18.4 Å². The molecule has 3 aromatic rings. The normalized spacial score (nSPS) is 11.3. The van der Waals surface area contributed by atoms with Crippen LogP contribution in [0.4, 0.5) is 10.5 Å². The number of amides is 3. The Morgan fingerprint density at radius 3 is 2.13 bits per heavy atom. The maximum absolute atomic E-state index is 12.8. The summed E-state index contributed by atoms with van der Waals surface area (Å²) in [5.74, 6) is -0.274. The Kier molecular flexibility index (Phi) is 7.97. The first-order valence-corrected chi connectivity index (χ1v) is 10.0. The molecule has 6 nitrogen and oxygen atoms in total. The molecule has 0 spiro atoms. The van der Waals surface area contributed by atoms with Gasteiger partial charge in [-0.1, -0.05) is 60.7 Å². The summed E-state index contributed by atoms with van der Waals surface area (Å²) in [6.07, 6.45) is 5.32. The van der Waals surface area contributed by atoms with Gasteiger partial charge in [0.05, 0.1) is 0 Å². The third-order valence-corrected chi connectivity index (χ3v) is 4.62. The van der Waals surface area contributed by atoms with Crippen molar-refractivity contribution in [1.82, 2.24) is 15.6 Å². The third kappa shape index (κ3) is 7.05. The van der Waals surface area contributed by atoms with Crippen molar-refractivity contribution in [3.8, 4) is 0 Å². The molecule has 2 aromatic carbocycles. The molecule has 0 saturated carbocycles. The van der Waals surface area contributed by atoms with E-state index in [1.807, 2.05) is 48.5 Å². The molecule has 0 aliphatic heterocycles. The van der Waals surface area contributed by atoms with E-state index in [2.05, 4.69) is 33.1 Å². The van der Waals surface area contributed by atoms with Gasteiger partial charge in [0.1, 0.15) is 6.04 Å². The van der Waals surface area contributed by atoms with E-state index < -0.39 is 6.04 Å². The second kappa shape index (κ2) is 11.4. The molecule has 1 heterocycles. The number of pyridine rings is 1. The van der Waals surface area contributed by atoms with Gasteiger partial charge >= 0.3 is 6.03 Å². The van der Waals surface area contributed by atoms with E-state index in [9.17, 15) is 9.59 Å². The van der Waals surface area contributed by atoms with Crippen molar-refractivity contribution in [3.63, 3.8) is 0 Å². The molecule has 3 N–H and O–H groups in total. The lowest BCUT2D eigenvalue weighted by molar-refractivity contribution is -0.117. The van der Waals surface area contributed by atoms with Crippen molar-refractivity contribution >= 4 is 17.6 Å². The second-order valence-corrected chi connectivity index (χ2v) is 6.96. The Labute approximate surface area is 176 Å². The van der Waals surface area contributed by atoms with Gasteiger partial charge in [0.2, 0.25) is 5.91 Å². The lowest BCUT2D eigenvalue weighted by atomic mass is 10.1. The van der Waals surface area contributed by atoms with Crippen molar-refractivity contribution in [3.05, 3.63) is 96.3 Å². The molecular weight excluding hydrogens is 376 g/mol. The first-order chi connectivity index (χ1) is 14.7. The molecule has 6 heteroatoms.